The molecule has 0 unspecified atom stereocenters. The SMILES string of the molecule is CC(C)(CC(N)=O)n1cc(C#N)c(=O)[nH]c1=O. The first kappa shape index (κ1) is 12.7. The minimum absolute atomic E-state index is 0.0795. The summed E-state index contributed by atoms with van der Waals surface area (Å²) in [5.74, 6) is -0.577. The lowest BCUT2D eigenvalue weighted by Crippen LogP contribution is -2.43. The summed E-state index contributed by atoms with van der Waals surface area (Å²) in [7, 11) is 0. The minimum atomic E-state index is -0.904. The van der Waals surface area contributed by atoms with E-state index in [0.717, 1.165) is 10.8 Å². The maximum absolute atomic E-state index is 11.6. The number of carbonyl (C=O) groups is 1. The highest BCUT2D eigenvalue weighted by Gasteiger charge is 2.25. The number of amides is 1. The van der Waals surface area contributed by atoms with Crippen LogP contribution in [0.15, 0.2) is 15.8 Å². The van der Waals surface area contributed by atoms with E-state index in [1.54, 1.807) is 19.9 Å². The Kier molecular flexibility index (Phi) is 3.18. The molecule has 1 heterocycles. The molecule has 1 aromatic rings. The fraction of sp³-hybridized carbons (Fsp3) is 0.400. The molecule has 1 aromatic heterocycles. The van der Waals surface area contributed by atoms with Gasteiger partial charge in [-0.15, -0.1) is 0 Å². The van der Waals surface area contributed by atoms with Crippen molar-refractivity contribution >= 4 is 5.91 Å². The molecule has 3 N–H and O–H groups in total. The molecule has 0 radical (unpaired) electrons. The zero-order chi connectivity index (χ0) is 13.2. The monoisotopic (exact) mass is 236 g/mol. The van der Waals surface area contributed by atoms with Crippen molar-refractivity contribution in [1.29, 1.82) is 5.26 Å². The van der Waals surface area contributed by atoms with Gasteiger partial charge in [0.05, 0.1) is 5.54 Å². The maximum atomic E-state index is 11.6. The fourth-order valence-corrected chi connectivity index (χ4v) is 1.51. The number of nitrogens with two attached hydrogens (primary N) is 1. The molecule has 1 amide bonds. The second-order valence-corrected chi connectivity index (χ2v) is 4.24. The highest BCUT2D eigenvalue weighted by molar-refractivity contribution is 5.74. The molecular formula is C10H12N4O3. The molecular weight excluding hydrogens is 224 g/mol. The van der Waals surface area contributed by atoms with Gasteiger partial charge in [0.1, 0.15) is 11.6 Å². The van der Waals surface area contributed by atoms with Crippen LogP contribution in [0.4, 0.5) is 0 Å². The standard InChI is InChI=1S/C10H12N4O3/c1-10(2,3-7(12)15)14-5-6(4-11)8(16)13-9(14)17/h5H,3H2,1-2H3,(H2,12,15)(H,13,16,17). The molecule has 17 heavy (non-hydrogen) atoms. The zero-order valence-corrected chi connectivity index (χ0v) is 9.48. The molecule has 0 aliphatic heterocycles. The molecule has 0 fully saturated rings. The lowest BCUT2D eigenvalue weighted by atomic mass is 10.00. The molecule has 1 rings (SSSR count). The summed E-state index contributed by atoms with van der Waals surface area (Å²) in [5.41, 5.74) is 2.55. The van der Waals surface area contributed by atoms with Crippen LogP contribution < -0.4 is 17.0 Å². The van der Waals surface area contributed by atoms with Crippen molar-refractivity contribution in [2.45, 2.75) is 25.8 Å². The van der Waals surface area contributed by atoms with Gasteiger partial charge in [-0.05, 0) is 13.8 Å². The number of nitriles is 1. The van der Waals surface area contributed by atoms with Crippen LogP contribution in [0.5, 0.6) is 0 Å². The van der Waals surface area contributed by atoms with Crippen molar-refractivity contribution in [3.05, 3.63) is 32.6 Å². The van der Waals surface area contributed by atoms with E-state index >= 15 is 0 Å². The second kappa shape index (κ2) is 4.25. The molecule has 90 valence electrons. The fourth-order valence-electron chi connectivity index (χ4n) is 1.51. The average Bonchev–Trinajstić information content (AvgIpc) is 2.15. The van der Waals surface area contributed by atoms with Crippen LogP contribution in [0.3, 0.4) is 0 Å². The highest BCUT2D eigenvalue weighted by atomic mass is 16.2. The molecule has 0 saturated carbocycles. The van der Waals surface area contributed by atoms with Crippen molar-refractivity contribution < 1.29 is 4.79 Å². The van der Waals surface area contributed by atoms with Gasteiger partial charge in [-0.25, -0.2) is 4.79 Å². The van der Waals surface area contributed by atoms with Gasteiger partial charge in [-0.3, -0.25) is 19.1 Å². The van der Waals surface area contributed by atoms with E-state index in [1.807, 2.05) is 4.98 Å². The van der Waals surface area contributed by atoms with Crippen LogP contribution in [0, 0.1) is 11.3 Å². The largest absolute Gasteiger partial charge is 0.370 e. The minimum Gasteiger partial charge on any atom is -0.370 e. The topological polar surface area (TPSA) is 122 Å². The Hall–Kier alpha value is -2.36. The van der Waals surface area contributed by atoms with Crippen LogP contribution in [-0.4, -0.2) is 15.5 Å². The summed E-state index contributed by atoms with van der Waals surface area (Å²) in [5, 5.41) is 8.70. The molecule has 0 spiro atoms. The van der Waals surface area contributed by atoms with E-state index in [4.69, 9.17) is 11.0 Å². The second-order valence-electron chi connectivity index (χ2n) is 4.24. The van der Waals surface area contributed by atoms with Crippen molar-refractivity contribution in [2.24, 2.45) is 5.73 Å². The number of hydrogen-bond donors (Lipinski definition) is 2. The molecule has 0 atom stereocenters. The molecule has 0 saturated heterocycles. The Labute approximate surface area is 96.5 Å². The third-order valence-electron chi connectivity index (χ3n) is 2.32. The molecule has 7 heteroatoms. The smallest absolute Gasteiger partial charge is 0.328 e. The number of aromatic amines is 1. The van der Waals surface area contributed by atoms with Gasteiger partial charge in [0.15, 0.2) is 0 Å². The Morgan fingerprint density at radius 2 is 2.18 bits per heavy atom. The number of nitrogens with one attached hydrogen (secondary N) is 1. The van der Waals surface area contributed by atoms with E-state index < -0.39 is 22.7 Å². The Morgan fingerprint density at radius 3 is 2.65 bits per heavy atom. The first-order valence-corrected chi connectivity index (χ1v) is 4.83. The van der Waals surface area contributed by atoms with Gasteiger partial charge in [-0.2, -0.15) is 5.26 Å². The number of rotatable bonds is 3. The maximum Gasteiger partial charge on any atom is 0.328 e. The van der Waals surface area contributed by atoms with E-state index in [1.165, 1.54) is 0 Å². The summed E-state index contributed by atoms with van der Waals surface area (Å²) in [4.78, 5) is 35.7. The third-order valence-corrected chi connectivity index (χ3v) is 2.32. The lowest BCUT2D eigenvalue weighted by molar-refractivity contribution is -0.119. The summed E-state index contributed by atoms with van der Waals surface area (Å²) < 4.78 is 1.12. The van der Waals surface area contributed by atoms with Gasteiger partial charge in [0.2, 0.25) is 5.91 Å². The first-order valence-electron chi connectivity index (χ1n) is 4.83. The van der Waals surface area contributed by atoms with Crippen LogP contribution in [0.2, 0.25) is 0 Å². The number of nitrogens with zero attached hydrogens (tertiary/aromatic N) is 2. The van der Waals surface area contributed by atoms with Crippen LogP contribution in [0.1, 0.15) is 25.8 Å². The molecule has 0 bridgehead atoms. The van der Waals surface area contributed by atoms with Crippen molar-refractivity contribution in [1.82, 2.24) is 9.55 Å². The van der Waals surface area contributed by atoms with E-state index in [9.17, 15) is 14.4 Å². The molecule has 0 aromatic carbocycles. The van der Waals surface area contributed by atoms with Gasteiger partial charge in [-0.1, -0.05) is 0 Å². The number of H-pyrrole nitrogens is 1. The van der Waals surface area contributed by atoms with Crippen molar-refractivity contribution in [3.8, 4) is 6.07 Å². The quantitative estimate of drug-likeness (QED) is 0.700. The van der Waals surface area contributed by atoms with Gasteiger partial charge >= 0.3 is 5.69 Å². The van der Waals surface area contributed by atoms with Crippen molar-refractivity contribution in [2.75, 3.05) is 0 Å². The molecule has 0 aliphatic carbocycles. The molecule has 0 aliphatic rings. The summed E-state index contributed by atoms with van der Waals surface area (Å²) >= 11 is 0. The highest BCUT2D eigenvalue weighted by Crippen LogP contribution is 2.16. The Bertz CT molecular complexity index is 603. The number of aromatic nitrogens is 2. The van der Waals surface area contributed by atoms with Gasteiger partial charge in [0, 0.05) is 12.6 Å². The predicted molar refractivity (Wildman–Crippen MR) is 59.2 cm³/mol. The summed E-state index contributed by atoms with van der Waals surface area (Å²) in [6.07, 6.45) is 1.05. The summed E-state index contributed by atoms with van der Waals surface area (Å²) in [6, 6.07) is 1.67. The van der Waals surface area contributed by atoms with Gasteiger partial charge < -0.3 is 5.73 Å². The first-order chi connectivity index (χ1) is 7.77. The number of carbonyl (C=O) groups excluding carboxylic acids is 1. The van der Waals surface area contributed by atoms with E-state index in [-0.39, 0.29) is 12.0 Å². The van der Waals surface area contributed by atoms with Crippen molar-refractivity contribution in [3.63, 3.8) is 0 Å². The molecule has 7 nitrogen and oxygen atoms in total. The Morgan fingerprint density at radius 1 is 1.59 bits per heavy atom. The average molecular weight is 236 g/mol. The lowest BCUT2D eigenvalue weighted by Gasteiger charge is -2.25. The Balaban J connectivity index is 3.42. The van der Waals surface area contributed by atoms with E-state index in [0.29, 0.717) is 0 Å². The van der Waals surface area contributed by atoms with Crippen LogP contribution in [0.25, 0.3) is 0 Å². The third kappa shape index (κ3) is 2.60. The predicted octanol–water partition coefficient (Wildman–Crippen LogP) is -0.981. The zero-order valence-electron chi connectivity index (χ0n) is 9.48. The summed E-state index contributed by atoms with van der Waals surface area (Å²) in [6.45, 7) is 3.22. The van der Waals surface area contributed by atoms with Crippen LogP contribution >= 0.6 is 0 Å². The normalized spacial score (nSPS) is 10.9. The van der Waals surface area contributed by atoms with Gasteiger partial charge in [0.25, 0.3) is 5.56 Å². The number of primary amides is 1. The van der Waals surface area contributed by atoms with Crippen LogP contribution in [-0.2, 0) is 10.3 Å². The number of hydrogen-bond acceptors (Lipinski definition) is 4. The van der Waals surface area contributed by atoms with E-state index in [2.05, 4.69) is 0 Å².